The first kappa shape index (κ1) is 29.5. The summed E-state index contributed by atoms with van der Waals surface area (Å²) in [5.74, 6) is -2.07. The van der Waals surface area contributed by atoms with Gasteiger partial charge < -0.3 is 19.5 Å². The molecular formula is C31H29N3O8. The van der Waals surface area contributed by atoms with Crippen LogP contribution in [0.3, 0.4) is 0 Å². The zero-order chi connectivity index (χ0) is 30.4. The van der Waals surface area contributed by atoms with Crippen LogP contribution >= 0.6 is 0 Å². The second kappa shape index (κ2) is 12.8. The van der Waals surface area contributed by atoms with Crippen molar-refractivity contribution in [2.45, 2.75) is 20.8 Å². The Bertz CT molecular complexity index is 1590. The highest BCUT2D eigenvalue weighted by Crippen LogP contribution is 2.30. The second-order valence-corrected chi connectivity index (χ2v) is 9.29. The minimum atomic E-state index is -0.925. The van der Waals surface area contributed by atoms with Gasteiger partial charge in [-0.05, 0) is 86.0 Å². The zero-order valence-corrected chi connectivity index (χ0v) is 23.5. The predicted molar refractivity (Wildman–Crippen MR) is 154 cm³/mol. The molecule has 3 aromatic rings. The number of carbonyl (C=O) groups is 5. The number of nitrogens with zero attached hydrogens (tertiary/aromatic N) is 1. The van der Waals surface area contributed by atoms with Gasteiger partial charge in [0.05, 0.1) is 25.0 Å². The van der Waals surface area contributed by atoms with Crippen molar-refractivity contribution in [2.24, 2.45) is 0 Å². The lowest BCUT2D eigenvalue weighted by molar-refractivity contribution is -0.122. The van der Waals surface area contributed by atoms with Crippen molar-refractivity contribution in [3.8, 4) is 11.5 Å². The summed E-state index contributed by atoms with van der Waals surface area (Å²) >= 11 is 0. The Labute approximate surface area is 242 Å². The molecule has 0 spiro atoms. The predicted octanol–water partition coefficient (Wildman–Crippen LogP) is 4.17. The fraction of sp³-hybridized carbons (Fsp3) is 0.194. The van der Waals surface area contributed by atoms with Gasteiger partial charge in [-0.1, -0.05) is 18.2 Å². The summed E-state index contributed by atoms with van der Waals surface area (Å²) in [5.41, 5.74) is 3.12. The number of rotatable bonds is 9. The van der Waals surface area contributed by atoms with Crippen molar-refractivity contribution in [3.63, 3.8) is 0 Å². The van der Waals surface area contributed by atoms with Gasteiger partial charge in [-0.2, -0.15) is 0 Å². The Hall–Kier alpha value is -5.45. The van der Waals surface area contributed by atoms with Crippen molar-refractivity contribution in [1.82, 2.24) is 5.32 Å². The number of ether oxygens (including phenoxy) is 3. The third kappa shape index (κ3) is 6.64. The summed E-state index contributed by atoms with van der Waals surface area (Å²) < 4.78 is 16.1. The Morgan fingerprint density at radius 3 is 2.36 bits per heavy atom. The van der Waals surface area contributed by atoms with Gasteiger partial charge in [0, 0.05) is 5.69 Å². The van der Waals surface area contributed by atoms with Crippen molar-refractivity contribution in [2.75, 3.05) is 30.5 Å². The highest BCUT2D eigenvalue weighted by atomic mass is 16.5. The summed E-state index contributed by atoms with van der Waals surface area (Å²) in [7, 11) is 1.24. The number of anilines is 2. The first-order valence-corrected chi connectivity index (χ1v) is 13.0. The van der Waals surface area contributed by atoms with Gasteiger partial charge in [0.15, 0.2) is 18.1 Å². The Morgan fingerprint density at radius 1 is 0.929 bits per heavy atom. The van der Waals surface area contributed by atoms with E-state index in [0.29, 0.717) is 17.0 Å². The van der Waals surface area contributed by atoms with E-state index >= 15 is 0 Å². The number of esters is 1. The van der Waals surface area contributed by atoms with Gasteiger partial charge in [0.1, 0.15) is 5.57 Å². The average Bonchev–Trinajstić information content (AvgIpc) is 2.96. The van der Waals surface area contributed by atoms with Crippen LogP contribution in [0.15, 0.2) is 66.2 Å². The molecule has 0 aliphatic carbocycles. The maximum Gasteiger partial charge on any atom is 0.337 e. The average molecular weight is 572 g/mol. The molecule has 4 rings (SSSR count). The van der Waals surface area contributed by atoms with Crippen molar-refractivity contribution >= 4 is 47.2 Å². The van der Waals surface area contributed by atoms with E-state index in [1.165, 1.54) is 37.5 Å². The quantitative estimate of drug-likeness (QED) is 0.222. The van der Waals surface area contributed by atoms with Crippen LogP contribution in [-0.4, -0.2) is 50.0 Å². The molecule has 11 heteroatoms. The molecule has 0 saturated carbocycles. The molecule has 216 valence electrons. The fourth-order valence-electron chi connectivity index (χ4n) is 4.13. The van der Waals surface area contributed by atoms with Crippen molar-refractivity contribution in [1.29, 1.82) is 0 Å². The smallest absolute Gasteiger partial charge is 0.337 e. The molecule has 0 aromatic heterocycles. The summed E-state index contributed by atoms with van der Waals surface area (Å²) in [6.07, 6.45) is 1.32. The maximum absolute atomic E-state index is 13.3. The number of imide groups is 2. The van der Waals surface area contributed by atoms with Gasteiger partial charge in [0.2, 0.25) is 0 Å². The van der Waals surface area contributed by atoms with Crippen LogP contribution in [0.5, 0.6) is 11.5 Å². The fourth-order valence-corrected chi connectivity index (χ4v) is 4.13. The lowest BCUT2D eigenvalue weighted by Crippen LogP contribution is -2.54. The van der Waals surface area contributed by atoms with E-state index in [2.05, 4.69) is 15.4 Å². The second-order valence-electron chi connectivity index (χ2n) is 9.29. The molecule has 11 nitrogen and oxygen atoms in total. The van der Waals surface area contributed by atoms with Gasteiger partial charge in [-0.3, -0.25) is 19.7 Å². The van der Waals surface area contributed by atoms with Crippen LogP contribution in [0, 0.1) is 13.8 Å². The molecule has 1 aliphatic heterocycles. The SMILES string of the molecule is CCOc1cc(/C=C2/C(=O)NC(=O)N(c3ccc(C(=O)OC)cc3)C2=O)ccc1OCC(=O)Nc1cc(C)ccc1C. The van der Waals surface area contributed by atoms with Crippen molar-refractivity contribution in [3.05, 3.63) is 88.5 Å². The topological polar surface area (TPSA) is 140 Å². The van der Waals surface area contributed by atoms with Gasteiger partial charge in [0.25, 0.3) is 17.7 Å². The summed E-state index contributed by atoms with van der Waals surface area (Å²) in [5, 5.41) is 4.98. The van der Waals surface area contributed by atoms with Crippen LogP contribution in [-0.2, 0) is 19.1 Å². The van der Waals surface area contributed by atoms with E-state index in [9.17, 15) is 24.0 Å². The van der Waals surface area contributed by atoms with Crippen LogP contribution in [0.2, 0.25) is 0 Å². The molecule has 0 bridgehead atoms. The number of methoxy groups -OCH3 is 1. The van der Waals surface area contributed by atoms with Crippen molar-refractivity contribution < 1.29 is 38.2 Å². The molecule has 42 heavy (non-hydrogen) atoms. The Balaban J connectivity index is 1.53. The zero-order valence-electron chi connectivity index (χ0n) is 23.5. The van der Waals surface area contributed by atoms with E-state index in [-0.39, 0.29) is 41.7 Å². The largest absolute Gasteiger partial charge is 0.490 e. The highest BCUT2D eigenvalue weighted by molar-refractivity contribution is 6.39. The minimum absolute atomic E-state index is 0.154. The number of amides is 5. The summed E-state index contributed by atoms with van der Waals surface area (Å²) in [6, 6.07) is 15.1. The summed E-state index contributed by atoms with van der Waals surface area (Å²) in [4.78, 5) is 63.5. The molecule has 0 radical (unpaired) electrons. The van der Waals surface area contributed by atoms with Crippen LogP contribution < -0.4 is 25.0 Å². The first-order chi connectivity index (χ1) is 20.1. The van der Waals surface area contributed by atoms with Crippen LogP contribution in [0.25, 0.3) is 6.08 Å². The molecule has 1 fully saturated rings. The Kier molecular flexibility index (Phi) is 9.01. The molecule has 3 aromatic carbocycles. The number of urea groups is 1. The number of hydrogen-bond donors (Lipinski definition) is 2. The third-order valence-corrected chi connectivity index (χ3v) is 6.25. The maximum atomic E-state index is 13.3. The van der Waals surface area contributed by atoms with Gasteiger partial charge in [-0.15, -0.1) is 0 Å². The molecule has 2 N–H and O–H groups in total. The van der Waals surface area contributed by atoms with Gasteiger partial charge >= 0.3 is 12.0 Å². The van der Waals surface area contributed by atoms with E-state index in [1.807, 2.05) is 32.0 Å². The number of barbiturate groups is 1. The number of carbonyl (C=O) groups excluding carboxylic acids is 5. The van der Waals surface area contributed by atoms with E-state index in [0.717, 1.165) is 16.0 Å². The monoisotopic (exact) mass is 571 g/mol. The van der Waals surface area contributed by atoms with Crippen LogP contribution in [0.1, 0.15) is 34.0 Å². The standard InChI is InChI=1S/C31H29N3O8/c1-5-41-26-16-20(8-13-25(26)42-17-27(35)32-24-14-18(2)6-7-19(24)3)15-23-28(36)33-31(39)34(29(23)37)22-11-9-21(10-12-22)30(38)40-4/h6-16H,5,17H2,1-4H3,(H,32,35)(H,33,36,39)/b23-15-. The van der Waals surface area contributed by atoms with E-state index < -0.39 is 23.8 Å². The van der Waals surface area contributed by atoms with Gasteiger partial charge in [-0.25, -0.2) is 14.5 Å². The molecule has 1 heterocycles. The Morgan fingerprint density at radius 2 is 1.67 bits per heavy atom. The third-order valence-electron chi connectivity index (χ3n) is 6.25. The van der Waals surface area contributed by atoms with Crippen LogP contribution in [0.4, 0.5) is 16.2 Å². The number of nitrogens with one attached hydrogen (secondary N) is 2. The lowest BCUT2D eigenvalue weighted by Gasteiger charge is -2.26. The lowest BCUT2D eigenvalue weighted by atomic mass is 10.1. The molecule has 0 unspecified atom stereocenters. The number of aryl methyl sites for hydroxylation is 2. The normalized spacial score (nSPS) is 14.0. The number of hydrogen-bond acceptors (Lipinski definition) is 8. The van der Waals surface area contributed by atoms with E-state index in [1.54, 1.807) is 25.1 Å². The summed E-state index contributed by atoms with van der Waals surface area (Å²) in [6.45, 7) is 5.61. The van der Waals surface area contributed by atoms with E-state index in [4.69, 9.17) is 9.47 Å². The number of benzene rings is 3. The molecule has 1 aliphatic rings. The molecule has 0 atom stereocenters. The molecule has 5 amide bonds. The first-order valence-electron chi connectivity index (χ1n) is 13.0. The minimum Gasteiger partial charge on any atom is -0.490 e. The highest BCUT2D eigenvalue weighted by Gasteiger charge is 2.37. The molecule has 1 saturated heterocycles. The molecular weight excluding hydrogens is 542 g/mol.